The maximum absolute atomic E-state index is 13.1. The molecule has 3 aromatic carbocycles. The molecular weight excluding hydrogens is 521 g/mol. The number of aliphatic hydroxyl groups excluding tert-OH is 1. The summed E-state index contributed by atoms with van der Waals surface area (Å²) in [6.07, 6.45) is 1.17. The van der Waals surface area contributed by atoms with Crippen LogP contribution in [0.1, 0.15) is 35.1 Å². The Morgan fingerprint density at radius 3 is 2.52 bits per heavy atom. The van der Waals surface area contributed by atoms with Crippen LogP contribution >= 0.6 is 0 Å². The summed E-state index contributed by atoms with van der Waals surface area (Å²) in [7, 11) is 0. The second kappa shape index (κ2) is 11.4. The second-order valence-corrected chi connectivity index (χ2v) is 9.83. The molecule has 40 heavy (non-hydrogen) atoms. The number of alkyl halides is 3. The van der Waals surface area contributed by atoms with Gasteiger partial charge in [0, 0.05) is 29.4 Å². The van der Waals surface area contributed by atoms with Crippen LogP contribution in [0.4, 0.5) is 24.5 Å². The van der Waals surface area contributed by atoms with E-state index in [1.807, 2.05) is 24.3 Å². The minimum Gasteiger partial charge on any atom is -0.493 e. The first-order chi connectivity index (χ1) is 19.2. The quantitative estimate of drug-likeness (QED) is 0.239. The highest BCUT2D eigenvalue weighted by molar-refractivity contribution is 6.03. The number of nitrogens with one attached hydrogen (secondary N) is 2. The first kappa shape index (κ1) is 27.2. The van der Waals surface area contributed by atoms with E-state index in [9.17, 15) is 27.9 Å². The minimum absolute atomic E-state index is 0.0679. The van der Waals surface area contributed by atoms with Gasteiger partial charge in [0.1, 0.15) is 11.9 Å². The predicted molar refractivity (Wildman–Crippen MR) is 146 cm³/mol. The Labute approximate surface area is 229 Å². The number of fused-ring (bicyclic) bond motifs is 1. The molecule has 1 heterocycles. The Hall–Kier alpha value is -4.37. The summed E-state index contributed by atoms with van der Waals surface area (Å²) in [4.78, 5) is 24.5. The third-order valence-corrected chi connectivity index (χ3v) is 6.75. The molecule has 1 aliphatic heterocycles. The van der Waals surface area contributed by atoms with Gasteiger partial charge in [-0.25, -0.2) is 0 Å². The number of allylic oxidation sites excluding steroid dienone is 2. The molecule has 1 fully saturated rings. The molecule has 0 spiro atoms. The van der Waals surface area contributed by atoms with Gasteiger partial charge in [-0.05, 0) is 71.9 Å². The number of amides is 2. The Morgan fingerprint density at radius 1 is 1.05 bits per heavy atom. The molecule has 0 radical (unpaired) electrons. The number of hydrogen-bond acceptors (Lipinski definition) is 4. The van der Waals surface area contributed by atoms with Gasteiger partial charge >= 0.3 is 6.18 Å². The zero-order valence-corrected chi connectivity index (χ0v) is 21.4. The van der Waals surface area contributed by atoms with E-state index in [0.717, 1.165) is 30.5 Å². The first-order valence-electron chi connectivity index (χ1n) is 12.9. The lowest BCUT2D eigenvalue weighted by molar-refractivity contribution is -0.137. The van der Waals surface area contributed by atoms with Crippen molar-refractivity contribution in [3.05, 3.63) is 107 Å². The van der Waals surface area contributed by atoms with Crippen molar-refractivity contribution in [2.24, 2.45) is 5.92 Å². The average molecular weight is 549 g/mol. The molecular formula is C31H27F3N2O4. The Balaban J connectivity index is 1.39. The molecule has 0 bridgehead atoms. The number of carbonyl (C=O) groups excluding carboxylic acids is 2. The molecule has 9 heteroatoms. The van der Waals surface area contributed by atoms with Crippen LogP contribution in [0, 0.1) is 5.92 Å². The molecule has 1 unspecified atom stereocenters. The van der Waals surface area contributed by atoms with E-state index in [-0.39, 0.29) is 6.42 Å². The first-order valence-corrected chi connectivity index (χ1v) is 12.9. The van der Waals surface area contributed by atoms with Crippen LogP contribution in [0.15, 0.2) is 85.0 Å². The zero-order valence-electron chi connectivity index (χ0n) is 21.4. The summed E-state index contributed by atoms with van der Waals surface area (Å²) in [5.41, 5.74) is 2.71. The number of ether oxygens (including phenoxy) is 1. The Bertz CT molecular complexity index is 1470. The predicted octanol–water partition coefficient (Wildman–Crippen LogP) is 5.98. The number of aliphatic hydroxyl groups is 1. The summed E-state index contributed by atoms with van der Waals surface area (Å²) < 4.78 is 45.3. The van der Waals surface area contributed by atoms with Crippen LogP contribution in [-0.2, 0) is 22.2 Å². The van der Waals surface area contributed by atoms with Crippen molar-refractivity contribution in [1.82, 2.24) is 0 Å². The normalized spacial score (nSPS) is 17.4. The van der Waals surface area contributed by atoms with Crippen molar-refractivity contribution < 1.29 is 32.6 Å². The van der Waals surface area contributed by atoms with E-state index >= 15 is 0 Å². The fourth-order valence-corrected chi connectivity index (χ4v) is 4.40. The maximum Gasteiger partial charge on any atom is 0.416 e. The molecule has 0 saturated heterocycles. The largest absolute Gasteiger partial charge is 0.493 e. The fraction of sp³-hybridized carbons (Fsp3) is 0.226. The molecule has 2 aliphatic rings. The third-order valence-electron chi connectivity index (χ3n) is 6.75. The van der Waals surface area contributed by atoms with Gasteiger partial charge in [0.05, 0.1) is 12.2 Å². The van der Waals surface area contributed by atoms with Gasteiger partial charge in [-0.15, -0.1) is 0 Å². The maximum atomic E-state index is 13.1. The number of carbonyl (C=O) groups is 2. The topological polar surface area (TPSA) is 87.7 Å². The highest BCUT2D eigenvalue weighted by Crippen LogP contribution is 2.34. The summed E-state index contributed by atoms with van der Waals surface area (Å²) in [6, 6.07) is 17.2. The van der Waals surface area contributed by atoms with Crippen LogP contribution in [0.2, 0.25) is 0 Å². The Kier molecular flexibility index (Phi) is 7.75. The smallest absolute Gasteiger partial charge is 0.416 e. The van der Waals surface area contributed by atoms with Crippen molar-refractivity contribution in [3.8, 4) is 5.75 Å². The number of halogens is 3. The number of benzene rings is 3. The van der Waals surface area contributed by atoms with Gasteiger partial charge in [0.15, 0.2) is 0 Å². The molecule has 1 atom stereocenters. The summed E-state index contributed by atoms with van der Waals surface area (Å²) >= 11 is 0. The third kappa shape index (κ3) is 6.60. The molecule has 5 rings (SSSR count). The molecule has 3 N–H and O–H groups in total. The molecule has 3 aromatic rings. The number of anilines is 2. The van der Waals surface area contributed by atoms with E-state index < -0.39 is 29.7 Å². The fourth-order valence-electron chi connectivity index (χ4n) is 4.40. The van der Waals surface area contributed by atoms with Crippen LogP contribution in [0.5, 0.6) is 5.75 Å². The van der Waals surface area contributed by atoms with E-state index in [1.54, 1.807) is 24.3 Å². The van der Waals surface area contributed by atoms with Crippen molar-refractivity contribution in [3.63, 3.8) is 0 Å². The lowest BCUT2D eigenvalue weighted by Gasteiger charge is -2.23. The van der Waals surface area contributed by atoms with Crippen molar-refractivity contribution in [2.75, 3.05) is 17.2 Å². The summed E-state index contributed by atoms with van der Waals surface area (Å²) in [5, 5.41) is 15.3. The average Bonchev–Trinajstić information content (AvgIpc) is 3.76. The highest BCUT2D eigenvalue weighted by Gasteiger charge is 2.30. The van der Waals surface area contributed by atoms with E-state index in [1.165, 1.54) is 24.3 Å². The van der Waals surface area contributed by atoms with E-state index in [2.05, 4.69) is 10.6 Å². The van der Waals surface area contributed by atoms with Crippen LogP contribution in [0.25, 0.3) is 5.57 Å². The Morgan fingerprint density at radius 2 is 1.80 bits per heavy atom. The van der Waals surface area contributed by atoms with Crippen molar-refractivity contribution in [1.29, 1.82) is 0 Å². The second-order valence-electron chi connectivity index (χ2n) is 9.83. The van der Waals surface area contributed by atoms with Crippen LogP contribution in [-0.4, -0.2) is 29.6 Å². The number of rotatable bonds is 8. The molecule has 2 amide bonds. The zero-order chi connectivity index (χ0) is 28.3. The standard InChI is InChI=1S/C31H27F3N2O4/c32-31(33,34)22-14-12-20(13-15-22)24(21-4-1-5-23(16-21)40-18-19-10-11-19)6-2-9-29(38)35-26-7-3-8-27-25(26)17-28(37)30(39)36-27/h1-9,12-16,19,28,37H,10-11,17-18H2,(H,35,38)(H,36,39)/b9-2+,24-6+. The van der Waals surface area contributed by atoms with E-state index in [0.29, 0.717) is 46.3 Å². The summed E-state index contributed by atoms with van der Waals surface area (Å²) in [5.74, 6) is 0.264. The molecule has 0 aromatic heterocycles. The van der Waals surface area contributed by atoms with Gasteiger partial charge < -0.3 is 20.5 Å². The minimum atomic E-state index is -4.45. The van der Waals surface area contributed by atoms with Gasteiger partial charge in [-0.3, -0.25) is 9.59 Å². The lowest BCUT2D eigenvalue weighted by Crippen LogP contribution is -2.34. The SMILES string of the molecule is O=C(/C=C/C=C(\c1ccc(C(F)(F)F)cc1)c1cccc(OCC2CC2)c1)Nc1cccc2c1CC(O)C(=O)N2. The van der Waals surface area contributed by atoms with Crippen LogP contribution in [0.3, 0.4) is 0 Å². The molecule has 6 nitrogen and oxygen atoms in total. The molecule has 1 saturated carbocycles. The molecule has 206 valence electrons. The molecule has 1 aliphatic carbocycles. The van der Waals surface area contributed by atoms with Gasteiger partial charge in [-0.1, -0.05) is 42.5 Å². The van der Waals surface area contributed by atoms with Gasteiger partial charge in [-0.2, -0.15) is 13.2 Å². The summed E-state index contributed by atoms with van der Waals surface area (Å²) in [6.45, 7) is 0.618. The van der Waals surface area contributed by atoms with E-state index in [4.69, 9.17) is 4.74 Å². The van der Waals surface area contributed by atoms with Gasteiger partial charge in [0.25, 0.3) is 5.91 Å². The van der Waals surface area contributed by atoms with Crippen molar-refractivity contribution >= 4 is 28.8 Å². The highest BCUT2D eigenvalue weighted by atomic mass is 19.4. The van der Waals surface area contributed by atoms with Gasteiger partial charge in [0.2, 0.25) is 5.91 Å². The lowest BCUT2D eigenvalue weighted by atomic mass is 9.96. The number of hydrogen-bond donors (Lipinski definition) is 3. The monoisotopic (exact) mass is 548 g/mol. The van der Waals surface area contributed by atoms with Crippen molar-refractivity contribution in [2.45, 2.75) is 31.5 Å². The van der Waals surface area contributed by atoms with Crippen LogP contribution < -0.4 is 15.4 Å².